The van der Waals surface area contributed by atoms with Crippen LogP contribution in [-0.2, 0) is 11.2 Å². The Morgan fingerprint density at radius 2 is 2.16 bits per heavy atom. The van der Waals surface area contributed by atoms with Gasteiger partial charge < -0.3 is 10.0 Å². The summed E-state index contributed by atoms with van der Waals surface area (Å²) in [6.45, 7) is 4.92. The van der Waals surface area contributed by atoms with Crippen LogP contribution < -0.4 is 4.90 Å². The van der Waals surface area contributed by atoms with Gasteiger partial charge in [-0.2, -0.15) is 0 Å². The zero-order chi connectivity index (χ0) is 13.8. The minimum atomic E-state index is -0.851. The van der Waals surface area contributed by atoms with Crippen LogP contribution in [-0.4, -0.2) is 22.6 Å². The molecular formula is C14H16N2O2S. The molecule has 0 saturated carbocycles. The molecule has 1 aromatic heterocycles. The summed E-state index contributed by atoms with van der Waals surface area (Å²) in [5.41, 5.74) is 2.90. The number of carbonyl (C=O) groups is 1. The molecule has 0 bridgehead atoms. The molecule has 0 fully saturated rings. The van der Waals surface area contributed by atoms with Gasteiger partial charge in [-0.25, -0.2) is 4.98 Å². The third-order valence-corrected chi connectivity index (χ3v) is 3.74. The van der Waals surface area contributed by atoms with Gasteiger partial charge in [0.15, 0.2) is 5.13 Å². The molecule has 0 amide bonds. The summed E-state index contributed by atoms with van der Waals surface area (Å²) in [5.74, 6) is -0.851. The average molecular weight is 276 g/mol. The van der Waals surface area contributed by atoms with Crippen molar-refractivity contribution in [3.05, 3.63) is 40.9 Å². The topological polar surface area (TPSA) is 53.4 Å². The van der Waals surface area contributed by atoms with E-state index in [4.69, 9.17) is 5.11 Å². The van der Waals surface area contributed by atoms with Crippen LogP contribution in [0, 0.1) is 6.92 Å². The highest BCUT2D eigenvalue weighted by Crippen LogP contribution is 2.30. The van der Waals surface area contributed by atoms with Crippen molar-refractivity contribution in [1.29, 1.82) is 0 Å². The SMILES string of the molecule is CCN(c1nc(CC(=O)O)cs1)c1ccccc1C. The Balaban J connectivity index is 2.30. The zero-order valence-corrected chi connectivity index (χ0v) is 11.8. The van der Waals surface area contributed by atoms with Crippen LogP contribution in [0.5, 0.6) is 0 Å². The lowest BCUT2D eigenvalue weighted by atomic mass is 10.2. The van der Waals surface area contributed by atoms with E-state index >= 15 is 0 Å². The standard InChI is InChI=1S/C14H16N2O2S/c1-3-16(12-7-5-4-6-10(12)2)14-15-11(9-19-14)8-13(17)18/h4-7,9H,3,8H2,1-2H3,(H,17,18). The molecule has 0 unspecified atom stereocenters. The monoisotopic (exact) mass is 276 g/mol. The van der Waals surface area contributed by atoms with Crippen molar-refractivity contribution in [2.75, 3.05) is 11.4 Å². The molecule has 19 heavy (non-hydrogen) atoms. The summed E-state index contributed by atoms with van der Waals surface area (Å²) in [6, 6.07) is 8.11. The van der Waals surface area contributed by atoms with Gasteiger partial charge in [0.05, 0.1) is 12.1 Å². The van der Waals surface area contributed by atoms with Crippen LogP contribution in [0.25, 0.3) is 0 Å². The first-order valence-corrected chi connectivity index (χ1v) is 6.99. The van der Waals surface area contributed by atoms with Gasteiger partial charge in [0.25, 0.3) is 0 Å². The minimum absolute atomic E-state index is 0.0260. The Labute approximate surface area is 116 Å². The van der Waals surface area contributed by atoms with E-state index < -0.39 is 5.97 Å². The van der Waals surface area contributed by atoms with Gasteiger partial charge >= 0.3 is 5.97 Å². The Hall–Kier alpha value is -1.88. The summed E-state index contributed by atoms with van der Waals surface area (Å²) >= 11 is 1.48. The number of anilines is 2. The fraction of sp³-hybridized carbons (Fsp3) is 0.286. The molecule has 2 rings (SSSR count). The molecule has 1 aromatic carbocycles. The van der Waals surface area contributed by atoms with Crippen molar-refractivity contribution in [3.63, 3.8) is 0 Å². The first-order chi connectivity index (χ1) is 9.11. The van der Waals surface area contributed by atoms with Gasteiger partial charge in [-0.1, -0.05) is 18.2 Å². The number of aliphatic carboxylic acids is 1. The van der Waals surface area contributed by atoms with Crippen molar-refractivity contribution in [3.8, 4) is 0 Å². The van der Waals surface area contributed by atoms with Crippen LogP contribution in [0.2, 0.25) is 0 Å². The lowest BCUT2D eigenvalue weighted by molar-refractivity contribution is -0.136. The second kappa shape index (κ2) is 5.84. The second-order valence-corrected chi connectivity index (χ2v) is 5.06. The van der Waals surface area contributed by atoms with E-state index in [2.05, 4.69) is 35.9 Å². The first kappa shape index (κ1) is 13.5. The fourth-order valence-electron chi connectivity index (χ4n) is 1.93. The molecule has 100 valence electrons. The quantitative estimate of drug-likeness (QED) is 0.911. The van der Waals surface area contributed by atoms with Gasteiger partial charge in [-0.15, -0.1) is 11.3 Å². The molecule has 0 radical (unpaired) electrons. The Morgan fingerprint density at radius 1 is 1.42 bits per heavy atom. The maximum atomic E-state index is 10.7. The van der Waals surface area contributed by atoms with Crippen molar-refractivity contribution in [2.24, 2.45) is 0 Å². The van der Waals surface area contributed by atoms with Gasteiger partial charge in [-0.3, -0.25) is 4.79 Å². The summed E-state index contributed by atoms with van der Waals surface area (Å²) in [6.07, 6.45) is -0.0260. The van der Waals surface area contributed by atoms with Crippen LogP contribution in [0.3, 0.4) is 0 Å². The van der Waals surface area contributed by atoms with E-state index in [0.29, 0.717) is 5.69 Å². The van der Waals surface area contributed by atoms with Crippen LogP contribution in [0.4, 0.5) is 10.8 Å². The van der Waals surface area contributed by atoms with E-state index in [9.17, 15) is 4.79 Å². The fourth-order valence-corrected chi connectivity index (χ4v) is 2.83. The molecule has 4 nitrogen and oxygen atoms in total. The summed E-state index contributed by atoms with van der Waals surface area (Å²) in [5, 5.41) is 11.4. The molecule has 0 atom stereocenters. The number of hydrogen-bond acceptors (Lipinski definition) is 4. The molecule has 5 heteroatoms. The molecular weight excluding hydrogens is 260 g/mol. The normalized spacial score (nSPS) is 10.4. The number of hydrogen-bond donors (Lipinski definition) is 1. The van der Waals surface area contributed by atoms with E-state index in [0.717, 1.165) is 17.4 Å². The number of aryl methyl sites for hydroxylation is 1. The van der Waals surface area contributed by atoms with E-state index in [1.54, 1.807) is 0 Å². The second-order valence-electron chi connectivity index (χ2n) is 4.22. The minimum Gasteiger partial charge on any atom is -0.481 e. The number of benzene rings is 1. The molecule has 1 heterocycles. The molecule has 0 aliphatic rings. The first-order valence-electron chi connectivity index (χ1n) is 6.11. The smallest absolute Gasteiger partial charge is 0.309 e. The third kappa shape index (κ3) is 3.12. The highest BCUT2D eigenvalue weighted by atomic mass is 32.1. The third-order valence-electron chi connectivity index (χ3n) is 2.83. The van der Waals surface area contributed by atoms with Gasteiger partial charge in [0, 0.05) is 17.6 Å². The number of aromatic nitrogens is 1. The van der Waals surface area contributed by atoms with E-state index in [-0.39, 0.29) is 6.42 Å². The van der Waals surface area contributed by atoms with E-state index in [1.807, 2.05) is 17.5 Å². The van der Waals surface area contributed by atoms with Crippen molar-refractivity contribution in [2.45, 2.75) is 20.3 Å². The maximum absolute atomic E-state index is 10.7. The number of carboxylic acids is 1. The predicted molar refractivity (Wildman–Crippen MR) is 77.3 cm³/mol. The molecule has 0 spiro atoms. The summed E-state index contributed by atoms with van der Waals surface area (Å²) < 4.78 is 0. The summed E-state index contributed by atoms with van der Waals surface area (Å²) in [4.78, 5) is 17.2. The maximum Gasteiger partial charge on any atom is 0.309 e. The number of nitrogens with zero attached hydrogens (tertiary/aromatic N) is 2. The highest BCUT2D eigenvalue weighted by molar-refractivity contribution is 7.13. The average Bonchev–Trinajstić information content (AvgIpc) is 2.80. The largest absolute Gasteiger partial charge is 0.481 e. The number of para-hydroxylation sites is 1. The Bertz CT molecular complexity index is 580. The van der Waals surface area contributed by atoms with Crippen LogP contribution in [0.1, 0.15) is 18.2 Å². The lowest BCUT2D eigenvalue weighted by Gasteiger charge is -2.21. The molecule has 2 aromatic rings. The predicted octanol–water partition coefficient (Wildman–Crippen LogP) is 3.24. The van der Waals surface area contributed by atoms with Crippen LogP contribution >= 0.6 is 11.3 Å². The molecule has 0 aliphatic heterocycles. The Kier molecular flexibility index (Phi) is 4.16. The number of rotatable bonds is 5. The highest BCUT2D eigenvalue weighted by Gasteiger charge is 2.14. The molecule has 0 saturated heterocycles. The van der Waals surface area contributed by atoms with E-state index in [1.165, 1.54) is 16.9 Å². The lowest BCUT2D eigenvalue weighted by Crippen LogP contribution is -2.17. The van der Waals surface area contributed by atoms with Crippen molar-refractivity contribution in [1.82, 2.24) is 4.98 Å². The van der Waals surface area contributed by atoms with Gasteiger partial charge in [0.2, 0.25) is 0 Å². The van der Waals surface area contributed by atoms with Crippen LogP contribution in [0.15, 0.2) is 29.6 Å². The summed E-state index contributed by atoms with van der Waals surface area (Å²) in [7, 11) is 0. The number of carboxylic acid groups (broad SMARTS) is 1. The molecule has 1 N–H and O–H groups in total. The Morgan fingerprint density at radius 3 is 2.79 bits per heavy atom. The van der Waals surface area contributed by atoms with Gasteiger partial charge in [0.1, 0.15) is 0 Å². The van der Waals surface area contributed by atoms with Crippen molar-refractivity contribution < 1.29 is 9.90 Å². The number of thiazole rings is 1. The van der Waals surface area contributed by atoms with Crippen molar-refractivity contribution >= 4 is 28.1 Å². The molecule has 0 aliphatic carbocycles. The zero-order valence-electron chi connectivity index (χ0n) is 11.0. The van der Waals surface area contributed by atoms with Gasteiger partial charge in [-0.05, 0) is 25.5 Å².